The van der Waals surface area contributed by atoms with E-state index in [1.54, 1.807) is 6.07 Å². The van der Waals surface area contributed by atoms with E-state index in [4.69, 9.17) is 5.26 Å². The first-order chi connectivity index (χ1) is 16.5. The van der Waals surface area contributed by atoms with E-state index in [0.717, 1.165) is 29.0 Å². The number of nitrogens with one attached hydrogen (secondary N) is 2. The molecular weight excluding hydrogens is 472 g/mol. The second-order valence-corrected chi connectivity index (χ2v) is 8.35. The number of ketones is 2. The summed E-state index contributed by atoms with van der Waals surface area (Å²) in [5.41, 5.74) is -2.99. The van der Waals surface area contributed by atoms with Gasteiger partial charge >= 0.3 is 0 Å². The maximum atomic E-state index is 15.1. The molecule has 0 aliphatic heterocycles. The topological polar surface area (TPSA) is 134 Å². The van der Waals surface area contributed by atoms with Crippen molar-refractivity contribution in [1.29, 1.82) is 5.26 Å². The highest BCUT2D eigenvalue weighted by Crippen LogP contribution is 2.54. The lowest BCUT2D eigenvalue weighted by atomic mass is 9.61. The van der Waals surface area contributed by atoms with Crippen molar-refractivity contribution < 1.29 is 31.9 Å². The number of benzene rings is 1. The van der Waals surface area contributed by atoms with E-state index in [0.29, 0.717) is 0 Å². The summed E-state index contributed by atoms with van der Waals surface area (Å²) in [5.74, 6) is -8.59. The highest BCUT2D eigenvalue weighted by atomic mass is 19.3. The summed E-state index contributed by atoms with van der Waals surface area (Å²) in [4.78, 5) is 38.0. The van der Waals surface area contributed by atoms with Crippen LogP contribution in [0.1, 0.15) is 51.4 Å². The number of amides is 1. The average molecular weight is 488 g/mol. The molecule has 0 atom stereocenters. The second-order valence-electron chi connectivity index (χ2n) is 8.35. The molecule has 0 spiro atoms. The van der Waals surface area contributed by atoms with Crippen LogP contribution < -0.4 is 5.32 Å². The number of H-pyrrole nitrogens is 1. The van der Waals surface area contributed by atoms with Crippen molar-refractivity contribution in [3.63, 3.8) is 0 Å². The minimum absolute atomic E-state index is 0.00188. The van der Waals surface area contributed by atoms with Gasteiger partial charge in [0, 0.05) is 43.6 Å². The third kappa shape index (κ3) is 4.30. The molecule has 35 heavy (non-hydrogen) atoms. The molecule has 1 aliphatic rings. The van der Waals surface area contributed by atoms with E-state index in [9.17, 15) is 27.6 Å². The third-order valence-corrected chi connectivity index (χ3v) is 5.83. The largest absolute Gasteiger partial charge is 0.343 e. The minimum Gasteiger partial charge on any atom is -0.343 e. The molecule has 0 radical (unpaired) electrons. The van der Waals surface area contributed by atoms with Crippen LogP contribution in [0.2, 0.25) is 0 Å². The lowest BCUT2D eigenvalue weighted by Crippen LogP contribution is -2.51. The molecular formula is C22H16F4N6O3. The minimum atomic E-state index is -3.04. The van der Waals surface area contributed by atoms with Gasteiger partial charge in [0.15, 0.2) is 5.82 Å². The number of nitriles is 1. The smallest absolute Gasteiger partial charge is 0.275 e. The van der Waals surface area contributed by atoms with E-state index in [1.165, 1.54) is 13.2 Å². The van der Waals surface area contributed by atoms with Gasteiger partial charge in [-0.05, 0) is 18.2 Å². The Labute approximate surface area is 194 Å². The highest BCUT2D eigenvalue weighted by molar-refractivity contribution is 6.44. The van der Waals surface area contributed by atoms with Crippen molar-refractivity contribution in [2.45, 2.75) is 30.6 Å². The highest BCUT2D eigenvalue weighted by Gasteiger charge is 2.59. The van der Waals surface area contributed by atoms with Crippen LogP contribution in [0.15, 0.2) is 30.6 Å². The monoisotopic (exact) mass is 488 g/mol. The van der Waals surface area contributed by atoms with Gasteiger partial charge in [0.05, 0.1) is 23.0 Å². The molecule has 2 aromatic heterocycles. The summed E-state index contributed by atoms with van der Waals surface area (Å²) >= 11 is 0. The van der Waals surface area contributed by atoms with Crippen molar-refractivity contribution in [3.05, 3.63) is 64.7 Å². The summed E-state index contributed by atoms with van der Waals surface area (Å²) in [7, 11) is 1.26. The fourth-order valence-electron chi connectivity index (χ4n) is 4.22. The molecule has 0 bridgehead atoms. The molecule has 2 N–H and O–H groups in total. The fourth-order valence-corrected chi connectivity index (χ4v) is 4.22. The Morgan fingerprint density at radius 2 is 1.97 bits per heavy atom. The maximum absolute atomic E-state index is 15.1. The van der Waals surface area contributed by atoms with E-state index < -0.39 is 71.0 Å². The van der Waals surface area contributed by atoms with Crippen LogP contribution in [0.5, 0.6) is 0 Å². The van der Waals surface area contributed by atoms with Gasteiger partial charge in [0.1, 0.15) is 17.6 Å². The maximum Gasteiger partial charge on any atom is 0.275 e. The number of hydrogen-bond acceptors (Lipinski definition) is 6. The number of carbonyl (C=O) groups excluding carboxylic acids is 3. The van der Waals surface area contributed by atoms with E-state index >= 15 is 4.39 Å². The van der Waals surface area contributed by atoms with Gasteiger partial charge < -0.3 is 9.88 Å². The number of Topliss-reactive ketones (excluding diaryl/α,β-unsaturated/α-hetero) is 2. The Hall–Kier alpha value is -4.34. The SMILES string of the molecule is Cn1cc(C(=O)C(=O)CC2(c3cn[nH]n3)CC(F)(F)C2)c(F)c1C(=O)Nc1ccc(F)c(C#N)c1. The Balaban J connectivity index is 1.55. The quantitative estimate of drug-likeness (QED) is 0.298. The number of nitrogens with zero attached hydrogens (tertiary/aromatic N) is 4. The number of aryl methyl sites for hydroxylation is 1. The van der Waals surface area contributed by atoms with E-state index in [-0.39, 0.29) is 16.9 Å². The van der Waals surface area contributed by atoms with E-state index in [2.05, 4.69) is 20.7 Å². The van der Waals surface area contributed by atoms with Gasteiger partial charge in [0.2, 0.25) is 17.5 Å². The average Bonchev–Trinajstić information content (AvgIpc) is 3.41. The standard InChI is InChI=1S/C22H16F4N6O3/c1-32-8-13(17(24)18(32)20(35)29-12-2-3-14(23)11(4-12)6-27)19(34)15(33)5-21(9-22(25,26)10-21)16-7-28-31-30-16/h2-4,7-8H,5,9-10H2,1H3,(H,29,35)(H,28,30,31). The molecule has 1 amide bonds. The van der Waals surface area contributed by atoms with Crippen molar-refractivity contribution in [1.82, 2.24) is 20.0 Å². The van der Waals surface area contributed by atoms with Gasteiger partial charge in [-0.2, -0.15) is 20.7 Å². The number of aromatic amines is 1. The van der Waals surface area contributed by atoms with Crippen LogP contribution in [-0.4, -0.2) is 43.4 Å². The zero-order valence-corrected chi connectivity index (χ0v) is 18.0. The van der Waals surface area contributed by atoms with Gasteiger partial charge in [-0.15, -0.1) is 0 Å². The summed E-state index contributed by atoms with van der Waals surface area (Å²) in [6, 6.07) is 4.74. The normalized spacial score (nSPS) is 15.7. The summed E-state index contributed by atoms with van der Waals surface area (Å²) < 4.78 is 56.9. The van der Waals surface area contributed by atoms with Crippen LogP contribution in [0.3, 0.4) is 0 Å². The number of carbonyl (C=O) groups is 3. The first kappa shape index (κ1) is 23.8. The molecule has 0 unspecified atom stereocenters. The molecule has 13 heteroatoms. The molecule has 9 nitrogen and oxygen atoms in total. The van der Waals surface area contributed by atoms with Gasteiger partial charge in [-0.1, -0.05) is 0 Å². The third-order valence-electron chi connectivity index (χ3n) is 5.83. The Morgan fingerprint density at radius 1 is 1.26 bits per heavy atom. The van der Waals surface area contributed by atoms with Crippen LogP contribution >= 0.6 is 0 Å². The number of rotatable bonds is 7. The zero-order chi connectivity index (χ0) is 25.5. The molecule has 4 rings (SSSR count). The molecule has 3 aromatic rings. The molecule has 1 aliphatic carbocycles. The first-order valence-corrected chi connectivity index (χ1v) is 10.1. The molecule has 1 fully saturated rings. The Kier molecular flexibility index (Phi) is 5.75. The summed E-state index contributed by atoms with van der Waals surface area (Å²) in [5, 5.41) is 20.8. The van der Waals surface area contributed by atoms with Gasteiger partial charge in [-0.3, -0.25) is 14.4 Å². The predicted molar refractivity (Wildman–Crippen MR) is 111 cm³/mol. The Morgan fingerprint density at radius 3 is 2.57 bits per heavy atom. The number of anilines is 1. The molecule has 1 aromatic carbocycles. The number of hydrogen-bond donors (Lipinski definition) is 2. The number of halogens is 4. The van der Waals surface area contributed by atoms with Crippen molar-refractivity contribution in [2.24, 2.45) is 7.05 Å². The fraction of sp³-hybridized carbons (Fsp3) is 0.273. The molecule has 1 saturated carbocycles. The zero-order valence-electron chi connectivity index (χ0n) is 18.0. The van der Waals surface area contributed by atoms with E-state index in [1.807, 2.05) is 0 Å². The van der Waals surface area contributed by atoms with Crippen molar-refractivity contribution in [3.8, 4) is 6.07 Å². The van der Waals surface area contributed by atoms with Crippen LogP contribution in [-0.2, 0) is 17.3 Å². The van der Waals surface area contributed by atoms with Crippen LogP contribution in [0, 0.1) is 23.0 Å². The van der Waals surface area contributed by atoms with Crippen LogP contribution in [0.4, 0.5) is 23.2 Å². The molecule has 2 heterocycles. The number of alkyl halides is 2. The Bertz CT molecular complexity index is 1380. The molecule has 180 valence electrons. The lowest BCUT2D eigenvalue weighted by Gasteiger charge is -2.45. The van der Waals surface area contributed by atoms with Crippen molar-refractivity contribution in [2.75, 3.05) is 5.32 Å². The lowest BCUT2D eigenvalue weighted by molar-refractivity contribution is -0.139. The summed E-state index contributed by atoms with van der Waals surface area (Å²) in [6.07, 6.45) is 0.0354. The first-order valence-electron chi connectivity index (χ1n) is 10.1. The molecule has 0 saturated heterocycles. The van der Waals surface area contributed by atoms with Crippen molar-refractivity contribution >= 4 is 23.2 Å². The predicted octanol–water partition coefficient (Wildman–Crippen LogP) is 3.05. The van der Waals surface area contributed by atoms with Crippen LogP contribution in [0.25, 0.3) is 0 Å². The second kappa shape index (κ2) is 8.46. The van der Waals surface area contributed by atoms with Gasteiger partial charge in [-0.25, -0.2) is 17.6 Å². The summed E-state index contributed by atoms with van der Waals surface area (Å²) in [6.45, 7) is 0. The van der Waals surface area contributed by atoms with Gasteiger partial charge in [0.25, 0.3) is 5.91 Å². The number of aromatic nitrogens is 4.